The van der Waals surface area contributed by atoms with E-state index < -0.39 is 17.8 Å². The molecule has 0 unspecified atom stereocenters. The van der Waals surface area contributed by atoms with Gasteiger partial charge in [0.1, 0.15) is 5.69 Å². The highest BCUT2D eigenvalue weighted by Gasteiger charge is 2.40. The molecule has 0 aromatic carbocycles. The summed E-state index contributed by atoms with van der Waals surface area (Å²) in [4.78, 5) is 13.8. The smallest absolute Gasteiger partial charge is 0.379 e. The number of methoxy groups -OCH3 is 1. The maximum Gasteiger partial charge on any atom is 0.432 e. The second-order valence-electron chi connectivity index (χ2n) is 5.57. The lowest BCUT2D eigenvalue weighted by Gasteiger charge is -2.13. The number of aryl methyl sites for hydroxylation is 1. The van der Waals surface area contributed by atoms with Crippen molar-refractivity contribution in [3.05, 3.63) is 29.3 Å². The summed E-state index contributed by atoms with van der Waals surface area (Å²) in [7, 11) is 3.23. The van der Waals surface area contributed by atoms with Gasteiger partial charge in [0, 0.05) is 39.5 Å². The predicted octanol–water partition coefficient (Wildman–Crippen LogP) is 0.812. The maximum atomic E-state index is 12.6. The van der Waals surface area contributed by atoms with Crippen LogP contribution in [0.2, 0.25) is 0 Å². The topological polar surface area (TPSA) is 88.9 Å². The number of likely N-dealkylation sites (tertiary alicyclic amines) is 1. The number of carbonyl (C=O) groups is 1. The van der Waals surface area contributed by atoms with Gasteiger partial charge in [0.2, 0.25) is 0 Å². The van der Waals surface area contributed by atoms with Gasteiger partial charge < -0.3 is 9.64 Å². The van der Waals surface area contributed by atoms with Crippen LogP contribution < -0.4 is 0 Å². The zero-order valence-corrected chi connectivity index (χ0v) is 12.9. The third kappa shape index (κ3) is 2.98. The van der Waals surface area contributed by atoms with Gasteiger partial charge in [0.15, 0.2) is 5.69 Å². The molecule has 0 radical (unpaired) electrons. The number of carbonyl (C=O) groups excluding carboxylic acids is 1. The summed E-state index contributed by atoms with van der Waals surface area (Å²) in [5.74, 6) is -0.788. The first-order valence-electron chi connectivity index (χ1n) is 7.10. The van der Waals surface area contributed by atoms with E-state index in [0.29, 0.717) is 11.8 Å². The first kappa shape index (κ1) is 16.4. The molecule has 0 aliphatic carbocycles. The normalized spacial score (nSPS) is 21.5. The minimum absolute atomic E-state index is 0.200. The van der Waals surface area contributed by atoms with Gasteiger partial charge in [-0.15, -0.1) is 5.10 Å². The molecule has 1 amide bonds. The average molecular weight is 344 g/mol. The summed E-state index contributed by atoms with van der Waals surface area (Å²) in [5.41, 5.74) is -0.673. The quantitative estimate of drug-likeness (QED) is 0.890. The number of nitrogens with one attached hydrogen (secondary N) is 1. The van der Waals surface area contributed by atoms with Crippen molar-refractivity contribution in [3.8, 4) is 0 Å². The molecule has 1 saturated heterocycles. The van der Waals surface area contributed by atoms with Crippen LogP contribution >= 0.6 is 0 Å². The predicted molar refractivity (Wildman–Crippen MR) is 74.0 cm³/mol. The van der Waals surface area contributed by atoms with Crippen LogP contribution in [0, 0.1) is 0 Å². The summed E-state index contributed by atoms with van der Waals surface area (Å²) in [6, 6.07) is 0.708. The molecule has 0 saturated carbocycles. The van der Waals surface area contributed by atoms with Crippen molar-refractivity contribution in [2.24, 2.45) is 7.05 Å². The molecule has 11 heteroatoms. The number of aromatic nitrogens is 5. The van der Waals surface area contributed by atoms with Gasteiger partial charge in [-0.2, -0.15) is 18.3 Å². The van der Waals surface area contributed by atoms with Crippen molar-refractivity contribution in [1.82, 2.24) is 30.1 Å². The zero-order chi connectivity index (χ0) is 17.5. The minimum atomic E-state index is -4.58. The molecule has 3 heterocycles. The third-order valence-electron chi connectivity index (χ3n) is 3.96. The molecule has 1 aliphatic rings. The molecule has 24 heavy (non-hydrogen) atoms. The van der Waals surface area contributed by atoms with Crippen LogP contribution in [-0.4, -0.2) is 62.3 Å². The highest BCUT2D eigenvalue weighted by atomic mass is 19.4. The van der Waals surface area contributed by atoms with Gasteiger partial charge in [-0.1, -0.05) is 5.21 Å². The number of H-pyrrole nitrogens is 1. The van der Waals surface area contributed by atoms with Gasteiger partial charge in [-0.05, 0) is 0 Å². The third-order valence-corrected chi connectivity index (χ3v) is 3.96. The molecule has 0 spiro atoms. The van der Waals surface area contributed by atoms with Crippen LogP contribution in [0.1, 0.15) is 27.8 Å². The molecular weight excluding hydrogens is 329 g/mol. The number of aromatic amines is 1. The van der Waals surface area contributed by atoms with Crippen LogP contribution in [0.4, 0.5) is 13.2 Å². The molecule has 3 rings (SSSR count). The summed E-state index contributed by atoms with van der Waals surface area (Å²) in [6.07, 6.45) is -3.17. The number of alkyl halides is 3. The van der Waals surface area contributed by atoms with E-state index in [0.717, 1.165) is 0 Å². The molecule has 2 aromatic heterocycles. The highest BCUT2D eigenvalue weighted by Crippen LogP contribution is 2.31. The maximum absolute atomic E-state index is 12.6. The Balaban J connectivity index is 1.78. The molecule has 130 valence electrons. The van der Waals surface area contributed by atoms with E-state index in [2.05, 4.69) is 15.4 Å². The minimum Gasteiger partial charge on any atom is -0.379 e. The van der Waals surface area contributed by atoms with E-state index in [1.54, 1.807) is 13.2 Å². The Morgan fingerprint density at radius 3 is 2.71 bits per heavy atom. The molecular formula is C13H15F3N6O2. The Hall–Kier alpha value is -2.43. The Kier molecular flexibility index (Phi) is 4.03. The molecule has 0 bridgehead atoms. The lowest BCUT2D eigenvalue weighted by Crippen LogP contribution is -2.30. The first-order chi connectivity index (χ1) is 11.3. The first-order valence-corrected chi connectivity index (χ1v) is 7.10. The van der Waals surface area contributed by atoms with Gasteiger partial charge in [-0.3, -0.25) is 14.6 Å². The fraction of sp³-hybridized carbons (Fsp3) is 0.538. The summed E-state index contributed by atoms with van der Waals surface area (Å²) in [5, 5.41) is 13.2. The van der Waals surface area contributed by atoms with Gasteiger partial charge in [0.25, 0.3) is 5.91 Å². The summed E-state index contributed by atoms with van der Waals surface area (Å²) < 4.78 is 44.8. The van der Waals surface area contributed by atoms with Crippen LogP contribution in [0.3, 0.4) is 0 Å². The average Bonchev–Trinajstić information content (AvgIpc) is 3.24. The second-order valence-corrected chi connectivity index (χ2v) is 5.57. The number of halogens is 3. The number of hydrogen-bond acceptors (Lipinski definition) is 5. The van der Waals surface area contributed by atoms with Crippen molar-refractivity contribution in [2.45, 2.75) is 18.2 Å². The zero-order valence-electron chi connectivity index (χ0n) is 12.9. The van der Waals surface area contributed by atoms with Crippen LogP contribution in [0.25, 0.3) is 0 Å². The number of ether oxygens (including phenoxy) is 1. The van der Waals surface area contributed by atoms with Crippen LogP contribution in [-0.2, 0) is 18.0 Å². The van der Waals surface area contributed by atoms with E-state index in [9.17, 15) is 18.0 Å². The van der Waals surface area contributed by atoms with Gasteiger partial charge >= 0.3 is 6.18 Å². The Labute approximate surface area is 134 Å². The SMILES string of the molecule is CO[C@@H]1CN(C(=O)c2cc(C(F)(F)F)[nH]n2)C[C@H]1c1cn(C)nn1. The highest BCUT2D eigenvalue weighted by molar-refractivity contribution is 5.92. The van der Waals surface area contributed by atoms with E-state index in [-0.39, 0.29) is 30.8 Å². The lowest BCUT2D eigenvalue weighted by molar-refractivity contribution is -0.141. The number of rotatable bonds is 3. The van der Waals surface area contributed by atoms with E-state index >= 15 is 0 Å². The molecule has 1 aliphatic heterocycles. The molecule has 2 aromatic rings. The summed E-state index contributed by atoms with van der Waals surface area (Å²) >= 11 is 0. The van der Waals surface area contributed by atoms with Crippen molar-refractivity contribution >= 4 is 5.91 Å². The molecule has 1 fully saturated rings. The van der Waals surface area contributed by atoms with Crippen LogP contribution in [0.5, 0.6) is 0 Å². The lowest BCUT2D eigenvalue weighted by atomic mass is 10.0. The number of amides is 1. The van der Waals surface area contributed by atoms with Crippen LogP contribution in [0.15, 0.2) is 12.3 Å². The van der Waals surface area contributed by atoms with Gasteiger partial charge in [-0.25, -0.2) is 0 Å². The standard InChI is InChI=1S/C13H15F3N6O2/c1-21-5-9(18-20-21)7-4-22(6-10(7)24-2)12(23)8-3-11(19-17-8)13(14,15)16/h3,5,7,10H,4,6H2,1-2H3,(H,17,19)/t7-,10+/m0/s1. The molecule has 2 atom stereocenters. The largest absolute Gasteiger partial charge is 0.432 e. The van der Waals surface area contributed by atoms with Crippen molar-refractivity contribution in [3.63, 3.8) is 0 Å². The van der Waals surface area contributed by atoms with E-state index in [1.807, 2.05) is 5.10 Å². The Morgan fingerprint density at radius 1 is 1.42 bits per heavy atom. The molecule has 8 nitrogen and oxygen atoms in total. The van der Waals surface area contributed by atoms with E-state index in [4.69, 9.17) is 4.74 Å². The Bertz CT molecular complexity index is 740. The second kappa shape index (κ2) is 5.89. The van der Waals surface area contributed by atoms with Crippen molar-refractivity contribution < 1.29 is 22.7 Å². The summed E-state index contributed by atoms with van der Waals surface area (Å²) in [6.45, 7) is 0.509. The fourth-order valence-corrected chi connectivity index (χ4v) is 2.74. The van der Waals surface area contributed by atoms with Crippen molar-refractivity contribution in [2.75, 3.05) is 20.2 Å². The van der Waals surface area contributed by atoms with Crippen molar-refractivity contribution in [1.29, 1.82) is 0 Å². The fourth-order valence-electron chi connectivity index (χ4n) is 2.74. The van der Waals surface area contributed by atoms with Gasteiger partial charge in [0.05, 0.1) is 17.7 Å². The number of nitrogens with zero attached hydrogens (tertiary/aromatic N) is 5. The Morgan fingerprint density at radius 2 is 2.17 bits per heavy atom. The van der Waals surface area contributed by atoms with E-state index in [1.165, 1.54) is 16.7 Å². The monoisotopic (exact) mass is 344 g/mol. The number of hydrogen-bond donors (Lipinski definition) is 1. The molecule has 1 N–H and O–H groups in total.